The Labute approximate surface area is 146 Å². The lowest BCUT2D eigenvalue weighted by Crippen LogP contribution is -2.57. The van der Waals surface area contributed by atoms with Gasteiger partial charge in [0.25, 0.3) is 0 Å². The van der Waals surface area contributed by atoms with Crippen LogP contribution in [0.5, 0.6) is 0 Å². The molecule has 2 N–H and O–H groups in total. The molecular weight excluding hydrogens is 350 g/mol. The number of nitrogens with one attached hydrogen (secondary N) is 2. The van der Waals surface area contributed by atoms with E-state index >= 15 is 0 Å². The molecular formula is C15H23N3O6S. The molecule has 10 heteroatoms. The highest BCUT2D eigenvalue weighted by Crippen LogP contribution is 2.41. The number of amides is 2. The number of ether oxygens (including phenoxy) is 2. The van der Waals surface area contributed by atoms with Crippen LogP contribution in [-0.4, -0.2) is 79.9 Å². The summed E-state index contributed by atoms with van der Waals surface area (Å²) in [5.41, 5.74) is -0.952. The quantitative estimate of drug-likeness (QED) is 0.612. The molecule has 4 rings (SSSR count). The van der Waals surface area contributed by atoms with Gasteiger partial charge in [-0.1, -0.05) is 0 Å². The van der Waals surface area contributed by atoms with E-state index in [1.807, 2.05) is 0 Å². The molecule has 0 aromatic heterocycles. The van der Waals surface area contributed by atoms with Crippen molar-refractivity contribution in [3.63, 3.8) is 0 Å². The first kappa shape index (κ1) is 17.2. The SMILES string of the molecule is CC(=O)N[C@H]1CO[C@H]2[C@@H]1OC[C@@H]2NC(=O)C12CCCN1S(=O)(=O)CC2. The van der Waals surface area contributed by atoms with Crippen LogP contribution >= 0.6 is 0 Å². The predicted molar refractivity (Wildman–Crippen MR) is 86.1 cm³/mol. The van der Waals surface area contributed by atoms with Crippen molar-refractivity contribution >= 4 is 21.8 Å². The van der Waals surface area contributed by atoms with Crippen molar-refractivity contribution in [3.8, 4) is 0 Å². The molecule has 4 saturated heterocycles. The van der Waals surface area contributed by atoms with Gasteiger partial charge in [-0.2, -0.15) is 4.31 Å². The number of rotatable bonds is 3. The van der Waals surface area contributed by atoms with E-state index in [-0.39, 0.29) is 41.9 Å². The Morgan fingerprint density at radius 1 is 1.08 bits per heavy atom. The van der Waals surface area contributed by atoms with Crippen LogP contribution in [0.2, 0.25) is 0 Å². The van der Waals surface area contributed by atoms with Crippen LogP contribution in [0.3, 0.4) is 0 Å². The largest absolute Gasteiger partial charge is 0.371 e. The van der Waals surface area contributed by atoms with Crippen molar-refractivity contribution in [3.05, 3.63) is 0 Å². The van der Waals surface area contributed by atoms with E-state index in [2.05, 4.69) is 10.6 Å². The molecule has 5 atom stereocenters. The molecule has 0 spiro atoms. The maximum absolute atomic E-state index is 12.9. The highest BCUT2D eigenvalue weighted by molar-refractivity contribution is 7.89. The summed E-state index contributed by atoms with van der Waals surface area (Å²) >= 11 is 0. The van der Waals surface area contributed by atoms with E-state index in [1.54, 1.807) is 0 Å². The molecule has 0 aromatic carbocycles. The van der Waals surface area contributed by atoms with E-state index in [0.29, 0.717) is 39.0 Å². The Morgan fingerprint density at radius 3 is 2.36 bits per heavy atom. The summed E-state index contributed by atoms with van der Waals surface area (Å²) < 4.78 is 37.2. The summed E-state index contributed by atoms with van der Waals surface area (Å²) in [5.74, 6) is -0.386. The second-order valence-corrected chi connectivity index (χ2v) is 9.27. The fraction of sp³-hybridized carbons (Fsp3) is 0.867. The van der Waals surface area contributed by atoms with E-state index in [9.17, 15) is 18.0 Å². The van der Waals surface area contributed by atoms with Crippen LogP contribution in [0.4, 0.5) is 0 Å². The number of sulfonamides is 1. The number of nitrogens with zero attached hydrogens (tertiary/aromatic N) is 1. The molecule has 0 aliphatic carbocycles. The van der Waals surface area contributed by atoms with Gasteiger partial charge in [0.05, 0.1) is 31.1 Å². The first-order valence-electron chi connectivity index (χ1n) is 8.65. The van der Waals surface area contributed by atoms with Crippen LogP contribution in [0.1, 0.15) is 26.2 Å². The Bertz CT molecular complexity index is 697. The van der Waals surface area contributed by atoms with Crippen molar-refractivity contribution in [1.82, 2.24) is 14.9 Å². The van der Waals surface area contributed by atoms with Crippen LogP contribution in [0.25, 0.3) is 0 Å². The van der Waals surface area contributed by atoms with Gasteiger partial charge in [-0.05, 0) is 19.3 Å². The molecule has 2 amide bonds. The molecule has 1 unspecified atom stereocenters. The number of hydrogen-bond donors (Lipinski definition) is 2. The van der Waals surface area contributed by atoms with Crippen LogP contribution < -0.4 is 10.6 Å². The fourth-order valence-electron chi connectivity index (χ4n) is 4.57. The van der Waals surface area contributed by atoms with Crippen LogP contribution in [0.15, 0.2) is 0 Å². The monoisotopic (exact) mass is 373 g/mol. The fourth-order valence-corrected chi connectivity index (χ4v) is 6.59. The Morgan fingerprint density at radius 2 is 1.72 bits per heavy atom. The minimum absolute atomic E-state index is 0.0226. The lowest BCUT2D eigenvalue weighted by molar-refractivity contribution is -0.130. The molecule has 0 aromatic rings. The standard InChI is InChI=1S/C15H23N3O6S/c1-9(19)16-10-7-23-13-11(8-24-12(10)13)17-14(20)15-3-2-5-18(15)25(21,22)6-4-15/h10-13H,2-8H2,1H3,(H,16,19)(H,17,20)/t10-,11-,12+,13+,15?/m0/s1. The first-order valence-corrected chi connectivity index (χ1v) is 10.3. The van der Waals surface area contributed by atoms with E-state index in [0.717, 1.165) is 0 Å². The van der Waals surface area contributed by atoms with Gasteiger partial charge in [0, 0.05) is 13.5 Å². The van der Waals surface area contributed by atoms with E-state index in [4.69, 9.17) is 9.47 Å². The van der Waals surface area contributed by atoms with Crippen molar-refractivity contribution < 1.29 is 27.5 Å². The molecule has 0 saturated carbocycles. The average molecular weight is 373 g/mol. The highest BCUT2D eigenvalue weighted by atomic mass is 32.2. The third kappa shape index (κ3) is 2.66. The molecule has 25 heavy (non-hydrogen) atoms. The lowest BCUT2D eigenvalue weighted by atomic mass is 9.92. The Hall–Kier alpha value is -1.23. The zero-order valence-corrected chi connectivity index (χ0v) is 14.9. The molecule has 0 radical (unpaired) electrons. The molecule has 4 aliphatic rings. The number of carbonyl (C=O) groups excluding carboxylic acids is 2. The number of hydrogen-bond acceptors (Lipinski definition) is 6. The normalized spacial score (nSPS) is 42.1. The molecule has 4 fully saturated rings. The third-order valence-corrected chi connectivity index (χ3v) is 7.64. The summed E-state index contributed by atoms with van der Waals surface area (Å²) in [6, 6.07) is -0.561. The van der Waals surface area contributed by atoms with Crippen LogP contribution in [-0.2, 0) is 29.1 Å². The number of carbonyl (C=O) groups is 2. The lowest BCUT2D eigenvalue weighted by Gasteiger charge is -2.30. The smallest absolute Gasteiger partial charge is 0.241 e. The van der Waals surface area contributed by atoms with Crippen molar-refractivity contribution in [2.24, 2.45) is 0 Å². The second kappa shape index (κ2) is 5.90. The average Bonchev–Trinajstić information content (AvgIpc) is 3.25. The van der Waals surface area contributed by atoms with E-state index < -0.39 is 15.6 Å². The van der Waals surface area contributed by atoms with Gasteiger partial charge < -0.3 is 20.1 Å². The van der Waals surface area contributed by atoms with E-state index in [1.165, 1.54) is 11.2 Å². The molecule has 4 aliphatic heterocycles. The maximum Gasteiger partial charge on any atom is 0.241 e. The minimum Gasteiger partial charge on any atom is -0.371 e. The van der Waals surface area contributed by atoms with Gasteiger partial charge in [0.1, 0.15) is 17.7 Å². The van der Waals surface area contributed by atoms with Gasteiger partial charge in [-0.3, -0.25) is 9.59 Å². The Kier molecular flexibility index (Phi) is 4.06. The zero-order chi connectivity index (χ0) is 17.8. The maximum atomic E-state index is 12.9. The predicted octanol–water partition coefficient (Wildman–Crippen LogP) is -1.66. The van der Waals surface area contributed by atoms with Gasteiger partial charge in [0.2, 0.25) is 21.8 Å². The Balaban J connectivity index is 1.45. The van der Waals surface area contributed by atoms with Gasteiger partial charge in [0.15, 0.2) is 0 Å². The molecule has 0 bridgehead atoms. The van der Waals surface area contributed by atoms with Crippen molar-refractivity contribution in [1.29, 1.82) is 0 Å². The summed E-state index contributed by atoms with van der Waals surface area (Å²) in [5, 5.41) is 5.76. The summed E-state index contributed by atoms with van der Waals surface area (Å²) in [6.45, 7) is 2.48. The molecule has 9 nitrogen and oxygen atoms in total. The summed E-state index contributed by atoms with van der Waals surface area (Å²) in [4.78, 5) is 24.2. The summed E-state index contributed by atoms with van der Waals surface area (Å²) in [7, 11) is -3.34. The van der Waals surface area contributed by atoms with Crippen molar-refractivity contribution in [2.45, 2.75) is 56.0 Å². The minimum atomic E-state index is -3.34. The zero-order valence-electron chi connectivity index (χ0n) is 14.1. The third-order valence-electron chi connectivity index (χ3n) is 5.72. The molecule has 4 heterocycles. The van der Waals surface area contributed by atoms with Gasteiger partial charge in [-0.25, -0.2) is 8.42 Å². The van der Waals surface area contributed by atoms with Crippen molar-refractivity contribution in [2.75, 3.05) is 25.5 Å². The highest BCUT2D eigenvalue weighted by Gasteiger charge is 2.58. The van der Waals surface area contributed by atoms with Gasteiger partial charge in [-0.15, -0.1) is 0 Å². The topological polar surface area (TPSA) is 114 Å². The molecule has 140 valence electrons. The summed E-state index contributed by atoms with van der Waals surface area (Å²) in [6.07, 6.45) is 0.956. The second-order valence-electron chi connectivity index (χ2n) is 7.26. The number of fused-ring (bicyclic) bond motifs is 2. The van der Waals surface area contributed by atoms with Crippen LogP contribution in [0, 0.1) is 0 Å². The first-order chi connectivity index (χ1) is 11.8. The van der Waals surface area contributed by atoms with Gasteiger partial charge >= 0.3 is 0 Å².